The van der Waals surface area contributed by atoms with Crippen molar-refractivity contribution in [1.29, 1.82) is 0 Å². The molecule has 0 spiro atoms. The summed E-state index contributed by atoms with van der Waals surface area (Å²) in [5.41, 5.74) is 10.9. The topological polar surface area (TPSA) is 94.9 Å². The molecule has 2 saturated heterocycles. The number of fused-ring (bicyclic) bond motifs is 1. The molecule has 4 rings (SSSR count). The normalized spacial score (nSPS) is 27.4. The van der Waals surface area contributed by atoms with E-state index in [1.54, 1.807) is 0 Å². The van der Waals surface area contributed by atoms with E-state index < -0.39 is 36.5 Å². The lowest BCUT2D eigenvalue weighted by atomic mass is 10.0. The molecule has 8 heteroatoms. The minimum Gasteiger partial charge on any atom is -0.371 e. The van der Waals surface area contributed by atoms with Gasteiger partial charge in [0.25, 0.3) is 0 Å². The van der Waals surface area contributed by atoms with E-state index in [0.29, 0.717) is 13.2 Å². The Hall–Kier alpha value is -2.45. The first-order chi connectivity index (χ1) is 15.1. The standard InChI is InChI=1S/C23H27N3O5/c1-23(2)30-21-20(28-15-17-11-7-4-8-12-17)19(29-22(21)31-23)18(13-25-26-24)27-14-16-9-5-3-6-10-16/h3-12,18-22H,13-15H2,1-2H3/t18-,19+,20-,21+,22+/m0/s1. The van der Waals surface area contributed by atoms with Crippen LogP contribution < -0.4 is 0 Å². The average Bonchev–Trinajstić information content (AvgIpc) is 3.25. The molecular weight excluding hydrogens is 398 g/mol. The summed E-state index contributed by atoms with van der Waals surface area (Å²) in [6.45, 7) is 4.57. The molecule has 31 heavy (non-hydrogen) atoms. The lowest BCUT2D eigenvalue weighted by Gasteiger charge is -2.30. The Morgan fingerprint density at radius 1 is 1.00 bits per heavy atom. The summed E-state index contributed by atoms with van der Waals surface area (Å²) in [6.07, 6.45) is -2.45. The molecule has 8 nitrogen and oxygen atoms in total. The predicted octanol–water partition coefficient (Wildman–Crippen LogP) is 4.34. The summed E-state index contributed by atoms with van der Waals surface area (Å²) in [5.74, 6) is -0.764. The first-order valence-electron chi connectivity index (χ1n) is 10.4. The molecule has 0 aromatic heterocycles. The van der Waals surface area contributed by atoms with Crippen LogP contribution in [0, 0.1) is 0 Å². The monoisotopic (exact) mass is 425 g/mol. The van der Waals surface area contributed by atoms with Crippen molar-refractivity contribution in [3.05, 3.63) is 82.2 Å². The summed E-state index contributed by atoms with van der Waals surface area (Å²) >= 11 is 0. The summed E-state index contributed by atoms with van der Waals surface area (Å²) in [6, 6.07) is 19.7. The van der Waals surface area contributed by atoms with Crippen LogP contribution in [0.2, 0.25) is 0 Å². The van der Waals surface area contributed by atoms with Gasteiger partial charge in [0.2, 0.25) is 0 Å². The van der Waals surface area contributed by atoms with Crippen LogP contribution in [0.1, 0.15) is 25.0 Å². The van der Waals surface area contributed by atoms with Gasteiger partial charge in [-0.05, 0) is 30.5 Å². The zero-order valence-electron chi connectivity index (χ0n) is 17.7. The van der Waals surface area contributed by atoms with Gasteiger partial charge in [0, 0.05) is 4.91 Å². The van der Waals surface area contributed by atoms with Crippen LogP contribution in [0.4, 0.5) is 0 Å². The van der Waals surface area contributed by atoms with Gasteiger partial charge >= 0.3 is 0 Å². The molecule has 2 aliphatic rings. The molecule has 2 aromatic carbocycles. The highest BCUT2D eigenvalue weighted by molar-refractivity contribution is 5.14. The van der Waals surface area contributed by atoms with Crippen LogP contribution >= 0.6 is 0 Å². The summed E-state index contributed by atoms with van der Waals surface area (Å²) in [4.78, 5) is 2.90. The zero-order chi connectivity index (χ0) is 21.7. The van der Waals surface area contributed by atoms with Crippen LogP contribution in [0.15, 0.2) is 65.8 Å². The number of rotatable bonds is 9. The second kappa shape index (κ2) is 9.78. The number of hydrogen-bond acceptors (Lipinski definition) is 6. The van der Waals surface area contributed by atoms with Gasteiger partial charge in [-0.1, -0.05) is 65.8 Å². The van der Waals surface area contributed by atoms with Gasteiger partial charge in [-0.15, -0.1) is 0 Å². The third kappa shape index (κ3) is 5.43. The smallest absolute Gasteiger partial charge is 0.190 e. The minimum atomic E-state index is -0.764. The van der Waals surface area contributed by atoms with Crippen molar-refractivity contribution in [3.63, 3.8) is 0 Å². The van der Waals surface area contributed by atoms with E-state index in [2.05, 4.69) is 10.0 Å². The van der Waals surface area contributed by atoms with E-state index in [9.17, 15) is 0 Å². The highest BCUT2D eigenvalue weighted by atomic mass is 16.8. The van der Waals surface area contributed by atoms with Gasteiger partial charge in [-0.3, -0.25) is 0 Å². The maximum absolute atomic E-state index is 8.87. The highest BCUT2D eigenvalue weighted by Gasteiger charge is 2.57. The van der Waals surface area contributed by atoms with Crippen LogP contribution in [-0.2, 0) is 36.9 Å². The number of nitrogens with zero attached hydrogens (tertiary/aromatic N) is 3. The molecule has 2 aliphatic heterocycles. The van der Waals surface area contributed by atoms with E-state index in [4.69, 9.17) is 29.2 Å². The first kappa shape index (κ1) is 21.8. The summed E-state index contributed by atoms with van der Waals surface area (Å²) < 4.78 is 30.6. The van der Waals surface area contributed by atoms with E-state index in [1.165, 1.54) is 0 Å². The van der Waals surface area contributed by atoms with Crippen molar-refractivity contribution in [2.45, 2.75) is 63.6 Å². The molecule has 2 fully saturated rings. The molecule has 164 valence electrons. The molecule has 0 radical (unpaired) electrons. The van der Waals surface area contributed by atoms with Crippen molar-refractivity contribution in [2.75, 3.05) is 6.54 Å². The Morgan fingerprint density at radius 2 is 1.65 bits per heavy atom. The third-order valence-corrected chi connectivity index (χ3v) is 5.31. The molecule has 0 amide bonds. The van der Waals surface area contributed by atoms with Gasteiger partial charge < -0.3 is 23.7 Å². The van der Waals surface area contributed by atoms with Crippen molar-refractivity contribution >= 4 is 0 Å². The summed E-state index contributed by atoms with van der Waals surface area (Å²) in [7, 11) is 0. The van der Waals surface area contributed by atoms with E-state index in [-0.39, 0.29) is 6.54 Å². The molecule has 0 N–H and O–H groups in total. The van der Waals surface area contributed by atoms with Crippen LogP contribution in [0.25, 0.3) is 10.4 Å². The molecule has 0 bridgehead atoms. The number of ether oxygens (including phenoxy) is 5. The Bertz CT molecular complexity index is 889. The fraction of sp³-hybridized carbons (Fsp3) is 0.478. The molecular formula is C23H27N3O5. The Labute approximate surface area is 181 Å². The average molecular weight is 425 g/mol. The van der Waals surface area contributed by atoms with E-state index in [0.717, 1.165) is 11.1 Å². The number of azide groups is 1. The second-order valence-corrected chi connectivity index (χ2v) is 8.08. The van der Waals surface area contributed by atoms with Gasteiger partial charge in [-0.2, -0.15) is 0 Å². The zero-order valence-corrected chi connectivity index (χ0v) is 17.7. The van der Waals surface area contributed by atoms with Crippen LogP contribution in [0.3, 0.4) is 0 Å². The van der Waals surface area contributed by atoms with Crippen molar-refractivity contribution < 1.29 is 23.7 Å². The molecule has 5 atom stereocenters. The third-order valence-electron chi connectivity index (χ3n) is 5.31. The van der Waals surface area contributed by atoms with Gasteiger partial charge in [0.05, 0.1) is 25.9 Å². The number of hydrogen-bond donors (Lipinski definition) is 0. The lowest BCUT2D eigenvalue weighted by Crippen LogP contribution is -2.44. The van der Waals surface area contributed by atoms with Crippen LogP contribution in [-0.4, -0.2) is 43.0 Å². The fourth-order valence-corrected chi connectivity index (χ4v) is 3.91. The van der Waals surface area contributed by atoms with Gasteiger partial charge in [-0.25, -0.2) is 0 Å². The SMILES string of the molecule is CC1(C)O[C@H]2O[C@H]([C@H](CN=[N+]=[N-])OCc3ccccc3)[C@H](OCc3ccccc3)[C@H]2O1. The molecule has 0 saturated carbocycles. The molecule has 0 aliphatic carbocycles. The maximum atomic E-state index is 8.87. The largest absolute Gasteiger partial charge is 0.371 e. The quantitative estimate of drug-likeness (QED) is 0.338. The fourth-order valence-electron chi connectivity index (χ4n) is 3.91. The van der Waals surface area contributed by atoms with E-state index >= 15 is 0 Å². The van der Waals surface area contributed by atoms with Crippen molar-refractivity contribution in [3.8, 4) is 0 Å². The van der Waals surface area contributed by atoms with Gasteiger partial charge in [0.15, 0.2) is 12.1 Å². The van der Waals surface area contributed by atoms with Crippen LogP contribution in [0.5, 0.6) is 0 Å². The van der Waals surface area contributed by atoms with Crippen molar-refractivity contribution in [1.82, 2.24) is 0 Å². The number of benzene rings is 2. The molecule has 0 unspecified atom stereocenters. The Morgan fingerprint density at radius 3 is 2.29 bits per heavy atom. The minimum absolute atomic E-state index is 0.113. The maximum Gasteiger partial charge on any atom is 0.190 e. The summed E-state index contributed by atoms with van der Waals surface area (Å²) in [5, 5.41) is 3.74. The van der Waals surface area contributed by atoms with E-state index in [1.807, 2.05) is 74.5 Å². The first-order valence-corrected chi connectivity index (χ1v) is 10.4. The molecule has 2 aromatic rings. The second-order valence-electron chi connectivity index (χ2n) is 8.08. The Kier molecular flexibility index (Phi) is 6.87. The highest BCUT2D eigenvalue weighted by Crippen LogP contribution is 2.40. The lowest BCUT2D eigenvalue weighted by molar-refractivity contribution is -0.233. The predicted molar refractivity (Wildman–Crippen MR) is 113 cm³/mol. The molecule has 2 heterocycles. The van der Waals surface area contributed by atoms with Gasteiger partial charge in [0.1, 0.15) is 18.3 Å². The van der Waals surface area contributed by atoms with Crippen molar-refractivity contribution in [2.24, 2.45) is 5.11 Å². The Balaban J connectivity index is 1.51.